The first-order valence-corrected chi connectivity index (χ1v) is 12.8. The largest absolute Gasteiger partial charge is 0.487 e. The molecule has 0 spiro atoms. The molecule has 0 aromatic heterocycles. The number of esters is 1. The monoisotopic (exact) mass is 573 g/mol. The number of methoxy groups -OCH3 is 1. The summed E-state index contributed by atoms with van der Waals surface area (Å²) in [5.41, 5.74) is -1.87. The molecule has 1 saturated heterocycles. The predicted octanol–water partition coefficient (Wildman–Crippen LogP) is 5.80. The second kappa shape index (κ2) is 12.3. The van der Waals surface area contributed by atoms with Crippen LogP contribution in [0.5, 0.6) is 5.75 Å². The van der Waals surface area contributed by atoms with Crippen LogP contribution < -0.4 is 10.1 Å². The van der Waals surface area contributed by atoms with Gasteiger partial charge < -0.3 is 14.8 Å². The van der Waals surface area contributed by atoms with Crippen molar-refractivity contribution >= 4 is 57.7 Å². The normalized spacial score (nSPS) is 16.6. The Morgan fingerprint density at radius 2 is 1.74 bits per heavy atom. The van der Waals surface area contributed by atoms with Crippen LogP contribution in [0.1, 0.15) is 22.3 Å². The lowest BCUT2D eigenvalue weighted by Crippen LogP contribution is -2.44. The van der Waals surface area contributed by atoms with Gasteiger partial charge in [-0.15, -0.1) is 8.78 Å². The summed E-state index contributed by atoms with van der Waals surface area (Å²) in [6.45, 7) is 0.231. The molecule has 3 aromatic carbocycles. The quantitative estimate of drug-likeness (QED) is 0.270. The van der Waals surface area contributed by atoms with Crippen LogP contribution >= 0.6 is 23.4 Å². The maximum absolute atomic E-state index is 13.2. The Morgan fingerprint density at radius 3 is 2.36 bits per heavy atom. The zero-order valence-corrected chi connectivity index (χ0v) is 22.0. The lowest BCUT2D eigenvalue weighted by molar-refractivity contribution is -0.129. The van der Waals surface area contributed by atoms with Gasteiger partial charge in [0.15, 0.2) is 5.17 Å². The number of nitrogens with zero attached hydrogens (tertiary/aromatic N) is 2. The Balaban J connectivity index is 1.55. The van der Waals surface area contributed by atoms with Gasteiger partial charge in [0.05, 0.1) is 24.9 Å². The fourth-order valence-corrected chi connectivity index (χ4v) is 4.81. The van der Waals surface area contributed by atoms with Gasteiger partial charge in [0, 0.05) is 23.7 Å². The summed E-state index contributed by atoms with van der Waals surface area (Å²) in [7, 11) is 1.27. The molecule has 3 aromatic rings. The number of nitrogens with one attached hydrogen (secondary N) is 1. The van der Waals surface area contributed by atoms with Gasteiger partial charge in [0.2, 0.25) is 11.8 Å². The number of aliphatic imine (C=N–C) groups is 1. The van der Waals surface area contributed by atoms with E-state index in [4.69, 9.17) is 11.6 Å². The number of hydrogen-bond donors (Lipinski definition) is 1. The van der Waals surface area contributed by atoms with Crippen molar-refractivity contribution in [2.24, 2.45) is 4.99 Å². The third kappa shape index (κ3) is 7.78. The van der Waals surface area contributed by atoms with E-state index in [1.54, 1.807) is 12.1 Å². The number of carbonyl (C=O) groups excluding carboxylic acids is 3. The molecule has 0 unspecified atom stereocenters. The van der Waals surface area contributed by atoms with Crippen LogP contribution in [0.15, 0.2) is 83.9 Å². The fraction of sp³-hybridized carbons (Fsp3) is 0.185. The van der Waals surface area contributed by atoms with Crippen molar-refractivity contribution in [3.8, 4) is 5.75 Å². The van der Waals surface area contributed by atoms with Crippen LogP contribution in [0, 0.1) is 0 Å². The van der Waals surface area contributed by atoms with E-state index in [0.29, 0.717) is 16.9 Å². The average molecular weight is 574 g/mol. The number of hydrogen-bond acceptors (Lipinski definition) is 7. The molecule has 12 heteroatoms. The molecule has 8 nitrogen and oxygen atoms in total. The number of anilines is 1. The zero-order chi connectivity index (χ0) is 28.0. The summed E-state index contributed by atoms with van der Waals surface area (Å²) >= 11 is 5.93. The molecule has 1 heterocycles. The highest BCUT2D eigenvalue weighted by atomic mass is 35.5. The molecule has 4 rings (SSSR count). The second-order valence-corrected chi connectivity index (χ2v) is 9.88. The average Bonchev–Trinajstić information content (AvgIpc) is 2.91. The van der Waals surface area contributed by atoms with E-state index in [1.165, 1.54) is 48.4 Å². The summed E-state index contributed by atoms with van der Waals surface area (Å²) in [5.74, 6) is -1.39. The minimum Gasteiger partial charge on any atom is -0.465 e. The van der Waals surface area contributed by atoms with Crippen molar-refractivity contribution in [2.45, 2.75) is 23.8 Å². The number of ether oxygens (including phenoxy) is 2. The lowest BCUT2D eigenvalue weighted by atomic mass is 10.2. The van der Waals surface area contributed by atoms with Crippen molar-refractivity contribution in [3.63, 3.8) is 0 Å². The van der Waals surface area contributed by atoms with Gasteiger partial charge in [-0.1, -0.05) is 42.1 Å². The van der Waals surface area contributed by atoms with Crippen molar-refractivity contribution in [2.75, 3.05) is 12.4 Å². The minimum atomic E-state index is -3.86. The summed E-state index contributed by atoms with van der Waals surface area (Å²) in [6.07, 6.45) is -0.0693. The van der Waals surface area contributed by atoms with Gasteiger partial charge in [-0.3, -0.25) is 14.5 Å². The number of alkyl halides is 3. The predicted molar refractivity (Wildman–Crippen MR) is 144 cm³/mol. The van der Waals surface area contributed by atoms with Crippen molar-refractivity contribution in [1.82, 2.24) is 4.90 Å². The van der Waals surface area contributed by atoms with Gasteiger partial charge in [-0.2, -0.15) is 0 Å². The molecule has 0 bridgehead atoms. The highest BCUT2D eigenvalue weighted by Gasteiger charge is 2.36. The molecule has 202 valence electrons. The lowest BCUT2D eigenvalue weighted by Gasteiger charge is -2.32. The second-order valence-electron chi connectivity index (χ2n) is 8.27. The molecule has 1 aliphatic heterocycles. The number of rotatable bonds is 8. The Bertz CT molecular complexity index is 1370. The molecular weight excluding hydrogens is 552 g/mol. The molecule has 39 heavy (non-hydrogen) atoms. The van der Waals surface area contributed by atoms with Crippen LogP contribution in [-0.4, -0.2) is 45.8 Å². The Kier molecular flexibility index (Phi) is 8.82. The summed E-state index contributed by atoms with van der Waals surface area (Å²) in [5, 5.41) is 2.24. The molecule has 1 N–H and O–H groups in total. The number of benzene rings is 3. The van der Waals surface area contributed by atoms with E-state index in [0.717, 1.165) is 17.3 Å². The van der Waals surface area contributed by atoms with Crippen LogP contribution in [0.2, 0.25) is 0 Å². The smallest absolute Gasteiger partial charge is 0.465 e. The van der Waals surface area contributed by atoms with Gasteiger partial charge in [0.1, 0.15) is 11.0 Å². The SMILES string of the molecule is COC(=O)c1ccc(NC(=O)[C@H]2CC(=O)N(Cc3ccccc3)C(=Nc3ccc(OC(F)(F)Cl)cc3)S2)cc1. The summed E-state index contributed by atoms with van der Waals surface area (Å²) < 4.78 is 34.9. The Hall–Kier alpha value is -3.96. The highest BCUT2D eigenvalue weighted by molar-refractivity contribution is 8.15. The van der Waals surface area contributed by atoms with Crippen LogP contribution in [0.3, 0.4) is 0 Å². The molecule has 2 amide bonds. The Labute approximate surface area is 231 Å². The number of amidine groups is 1. The first kappa shape index (κ1) is 28.1. The topological polar surface area (TPSA) is 97.3 Å². The van der Waals surface area contributed by atoms with E-state index in [1.807, 2.05) is 30.3 Å². The molecule has 1 fully saturated rings. The third-order valence-electron chi connectivity index (χ3n) is 5.48. The standard InChI is InChI=1S/C27H22ClF2N3O5S/c1-37-25(36)18-7-9-19(10-8-18)31-24(35)22-15-23(34)33(16-17-5-3-2-4-6-17)26(39-22)32-20-11-13-21(14-12-20)38-27(28,29)30/h2-14,22H,15-16H2,1H3,(H,31,35)/t22-/m1/s1. The maximum Gasteiger partial charge on any atom is 0.487 e. The van der Waals surface area contributed by atoms with Gasteiger partial charge in [0.25, 0.3) is 0 Å². The molecule has 0 aliphatic carbocycles. The van der Waals surface area contributed by atoms with Crippen molar-refractivity contribution < 1.29 is 32.6 Å². The first-order chi connectivity index (χ1) is 18.6. The fourth-order valence-electron chi connectivity index (χ4n) is 3.63. The van der Waals surface area contributed by atoms with Crippen LogP contribution in [-0.2, 0) is 20.9 Å². The van der Waals surface area contributed by atoms with Gasteiger partial charge in [-0.05, 0) is 54.1 Å². The summed E-state index contributed by atoms with van der Waals surface area (Å²) in [6, 6.07) is 20.9. The number of carbonyl (C=O) groups is 3. The Morgan fingerprint density at radius 1 is 1.08 bits per heavy atom. The van der Waals surface area contributed by atoms with E-state index in [-0.39, 0.29) is 29.8 Å². The van der Waals surface area contributed by atoms with Crippen molar-refractivity contribution in [3.05, 3.63) is 90.0 Å². The number of thioether (sulfide) groups is 1. The molecule has 0 radical (unpaired) electrons. The minimum absolute atomic E-state index is 0.0693. The summed E-state index contributed by atoms with van der Waals surface area (Å²) in [4.78, 5) is 44.0. The maximum atomic E-state index is 13.2. The molecule has 1 atom stereocenters. The van der Waals surface area contributed by atoms with E-state index >= 15 is 0 Å². The number of amides is 2. The third-order valence-corrected chi connectivity index (χ3v) is 6.75. The number of halogens is 3. The van der Waals surface area contributed by atoms with Gasteiger partial charge >= 0.3 is 11.5 Å². The zero-order valence-electron chi connectivity index (χ0n) is 20.5. The van der Waals surface area contributed by atoms with Crippen LogP contribution in [0.25, 0.3) is 0 Å². The highest BCUT2D eigenvalue weighted by Crippen LogP contribution is 2.32. The van der Waals surface area contributed by atoms with E-state index < -0.39 is 22.7 Å². The first-order valence-electron chi connectivity index (χ1n) is 11.6. The molecule has 1 aliphatic rings. The molecule has 0 saturated carbocycles. The molecular formula is C27H22ClF2N3O5S. The van der Waals surface area contributed by atoms with E-state index in [9.17, 15) is 23.2 Å². The van der Waals surface area contributed by atoms with Gasteiger partial charge in [-0.25, -0.2) is 9.79 Å². The van der Waals surface area contributed by atoms with E-state index in [2.05, 4.69) is 19.8 Å². The van der Waals surface area contributed by atoms with Crippen LogP contribution in [0.4, 0.5) is 20.2 Å². The van der Waals surface area contributed by atoms with Crippen molar-refractivity contribution in [1.29, 1.82) is 0 Å².